The van der Waals surface area contributed by atoms with Crippen LogP contribution in [0.4, 0.5) is 5.69 Å². The van der Waals surface area contributed by atoms with E-state index in [9.17, 15) is 0 Å². The maximum absolute atomic E-state index is 5.43. The second kappa shape index (κ2) is 7.21. The van der Waals surface area contributed by atoms with E-state index in [0.29, 0.717) is 17.1 Å². The van der Waals surface area contributed by atoms with Crippen LogP contribution in [-0.2, 0) is 0 Å². The van der Waals surface area contributed by atoms with E-state index >= 15 is 0 Å². The molecular weight excluding hydrogens is 320 g/mol. The average molecular weight is 344 g/mol. The Bertz CT molecular complexity index is 671. The summed E-state index contributed by atoms with van der Waals surface area (Å²) in [6, 6.07) is 6.43. The minimum Gasteiger partial charge on any atom is -0.496 e. The number of ether oxygens (including phenoxy) is 1. The maximum Gasteiger partial charge on any atom is 0.187 e. The summed E-state index contributed by atoms with van der Waals surface area (Å²) in [7, 11) is 5.66. The topological polar surface area (TPSA) is 48.9 Å². The standard InChI is InChI=1S/C18H24N4OS/c1-22(2)15-7-6-14(17(10-15)23-3)11-19-21-18(24)20-16-9-12-4-5-13(16)8-12/h4-7,10-13,16H,8-9H2,1-3H3,(H2,20,21,24)/b19-11+. The quantitative estimate of drug-likeness (QED) is 0.372. The van der Waals surface area contributed by atoms with Crippen molar-refractivity contribution in [3.05, 3.63) is 35.9 Å². The van der Waals surface area contributed by atoms with Crippen LogP contribution >= 0.6 is 12.2 Å². The van der Waals surface area contributed by atoms with Gasteiger partial charge in [-0.25, -0.2) is 0 Å². The second-order valence-corrected chi connectivity index (χ2v) is 6.96. The van der Waals surface area contributed by atoms with Gasteiger partial charge in [-0.2, -0.15) is 5.10 Å². The largest absolute Gasteiger partial charge is 0.496 e. The minimum absolute atomic E-state index is 0.434. The predicted octanol–water partition coefficient (Wildman–Crippen LogP) is 2.52. The highest BCUT2D eigenvalue weighted by Crippen LogP contribution is 2.38. The molecule has 6 heteroatoms. The molecule has 0 heterocycles. The number of fused-ring (bicyclic) bond motifs is 2. The number of allylic oxidation sites excluding steroid dienone is 1. The predicted molar refractivity (Wildman–Crippen MR) is 103 cm³/mol. The monoisotopic (exact) mass is 344 g/mol. The van der Waals surface area contributed by atoms with E-state index in [0.717, 1.165) is 29.3 Å². The van der Waals surface area contributed by atoms with Crippen LogP contribution in [0.3, 0.4) is 0 Å². The van der Waals surface area contributed by atoms with Crippen LogP contribution in [0.1, 0.15) is 18.4 Å². The highest BCUT2D eigenvalue weighted by Gasteiger charge is 2.35. The molecule has 3 atom stereocenters. The average Bonchev–Trinajstić information content (AvgIpc) is 3.17. The van der Waals surface area contributed by atoms with Crippen molar-refractivity contribution in [1.82, 2.24) is 10.7 Å². The summed E-state index contributed by atoms with van der Waals surface area (Å²) in [5.74, 6) is 2.11. The molecule has 0 aromatic heterocycles. The minimum atomic E-state index is 0.434. The van der Waals surface area contributed by atoms with Gasteiger partial charge >= 0.3 is 0 Å². The highest BCUT2D eigenvalue weighted by atomic mass is 32.1. The molecule has 0 spiro atoms. The van der Waals surface area contributed by atoms with Gasteiger partial charge in [-0.3, -0.25) is 5.43 Å². The summed E-state index contributed by atoms with van der Waals surface area (Å²) in [6.07, 6.45) is 8.76. The van der Waals surface area contributed by atoms with Crippen molar-refractivity contribution < 1.29 is 4.74 Å². The summed E-state index contributed by atoms with van der Waals surface area (Å²) in [5.41, 5.74) is 4.89. The Morgan fingerprint density at radius 2 is 2.17 bits per heavy atom. The lowest BCUT2D eigenvalue weighted by atomic mass is 10.0. The molecule has 2 N–H and O–H groups in total. The second-order valence-electron chi connectivity index (χ2n) is 6.55. The van der Waals surface area contributed by atoms with Crippen LogP contribution in [0.2, 0.25) is 0 Å². The van der Waals surface area contributed by atoms with Gasteiger partial charge in [0.2, 0.25) is 0 Å². The molecule has 1 saturated carbocycles. The molecule has 2 aliphatic carbocycles. The lowest BCUT2D eigenvalue weighted by molar-refractivity contribution is 0.414. The van der Waals surface area contributed by atoms with Crippen LogP contribution in [0.5, 0.6) is 5.75 Å². The lowest BCUT2D eigenvalue weighted by Crippen LogP contribution is -2.42. The van der Waals surface area contributed by atoms with Crippen molar-refractivity contribution in [1.29, 1.82) is 0 Å². The van der Waals surface area contributed by atoms with E-state index in [1.165, 1.54) is 6.42 Å². The summed E-state index contributed by atoms with van der Waals surface area (Å²) < 4.78 is 5.43. The number of benzene rings is 1. The van der Waals surface area contributed by atoms with Gasteiger partial charge in [0.05, 0.1) is 13.3 Å². The number of hydrogen-bond donors (Lipinski definition) is 2. The first kappa shape index (κ1) is 16.8. The summed E-state index contributed by atoms with van der Waals surface area (Å²) in [4.78, 5) is 2.03. The molecule has 1 aromatic carbocycles. The molecule has 3 rings (SSSR count). The summed E-state index contributed by atoms with van der Waals surface area (Å²) in [5, 5.41) is 8.18. The number of thiocarbonyl (C=S) groups is 1. The first-order chi connectivity index (χ1) is 11.6. The Hall–Kier alpha value is -2.08. The Balaban J connectivity index is 1.56. The first-order valence-electron chi connectivity index (χ1n) is 8.20. The third-order valence-electron chi connectivity index (χ3n) is 4.70. The van der Waals surface area contributed by atoms with Gasteiger partial charge in [0.15, 0.2) is 5.11 Å². The van der Waals surface area contributed by atoms with E-state index in [2.05, 4.69) is 28.0 Å². The molecule has 0 aliphatic heterocycles. The molecule has 2 aliphatic rings. The normalized spacial score (nSPS) is 24.4. The van der Waals surface area contributed by atoms with E-state index < -0.39 is 0 Å². The number of methoxy groups -OCH3 is 1. The van der Waals surface area contributed by atoms with Gasteiger partial charge in [0, 0.05) is 37.5 Å². The zero-order valence-corrected chi connectivity index (χ0v) is 15.1. The molecule has 128 valence electrons. The molecule has 0 radical (unpaired) electrons. The van der Waals surface area contributed by atoms with Crippen molar-refractivity contribution >= 4 is 29.2 Å². The smallest absolute Gasteiger partial charge is 0.187 e. The van der Waals surface area contributed by atoms with Crippen LogP contribution in [0.15, 0.2) is 35.5 Å². The Morgan fingerprint density at radius 1 is 1.33 bits per heavy atom. The third-order valence-corrected chi connectivity index (χ3v) is 4.91. The van der Waals surface area contributed by atoms with Crippen LogP contribution in [0, 0.1) is 11.8 Å². The van der Waals surface area contributed by atoms with Crippen molar-refractivity contribution in [2.45, 2.75) is 18.9 Å². The van der Waals surface area contributed by atoms with Crippen molar-refractivity contribution in [3.8, 4) is 5.75 Å². The molecule has 2 bridgehead atoms. The van der Waals surface area contributed by atoms with Gasteiger partial charge in [-0.15, -0.1) is 0 Å². The molecule has 3 unspecified atom stereocenters. The van der Waals surface area contributed by atoms with E-state index in [4.69, 9.17) is 17.0 Å². The Morgan fingerprint density at radius 3 is 2.79 bits per heavy atom. The highest BCUT2D eigenvalue weighted by molar-refractivity contribution is 7.80. The molecule has 0 amide bonds. The number of nitrogens with one attached hydrogen (secondary N) is 2. The zero-order chi connectivity index (χ0) is 17.1. The fourth-order valence-electron chi connectivity index (χ4n) is 3.39. The Labute approximate surface area is 148 Å². The Kier molecular flexibility index (Phi) is 5.04. The van der Waals surface area contributed by atoms with Crippen LogP contribution in [0.25, 0.3) is 0 Å². The van der Waals surface area contributed by atoms with Gasteiger partial charge < -0.3 is 15.0 Å². The summed E-state index contributed by atoms with van der Waals surface area (Å²) >= 11 is 5.34. The number of rotatable bonds is 5. The molecule has 5 nitrogen and oxygen atoms in total. The van der Waals surface area contributed by atoms with Crippen molar-refractivity contribution in [2.24, 2.45) is 16.9 Å². The fourth-order valence-corrected chi connectivity index (χ4v) is 3.60. The fraction of sp³-hybridized carbons (Fsp3) is 0.444. The van der Waals surface area contributed by atoms with Gasteiger partial charge in [0.25, 0.3) is 0 Å². The lowest BCUT2D eigenvalue weighted by Gasteiger charge is -2.20. The van der Waals surface area contributed by atoms with Gasteiger partial charge in [0.1, 0.15) is 5.75 Å². The number of hydrazone groups is 1. The maximum atomic E-state index is 5.43. The van der Waals surface area contributed by atoms with Crippen LogP contribution in [-0.4, -0.2) is 38.6 Å². The number of nitrogens with zero attached hydrogens (tertiary/aromatic N) is 2. The SMILES string of the molecule is COc1cc(N(C)C)ccc1/C=N/NC(=S)NC1CC2C=CC1C2. The molecule has 24 heavy (non-hydrogen) atoms. The van der Waals surface area contributed by atoms with Gasteiger partial charge in [-0.05, 0) is 49.0 Å². The molecule has 0 saturated heterocycles. The molecule has 1 fully saturated rings. The van der Waals surface area contributed by atoms with Crippen molar-refractivity contribution in [3.63, 3.8) is 0 Å². The molecular formula is C18H24N4OS. The van der Waals surface area contributed by atoms with Gasteiger partial charge in [-0.1, -0.05) is 12.2 Å². The number of hydrogen-bond acceptors (Lipinski definition) is 4. The van der Waals surface area contributed by atoms with E-state index in [-0.39, 0.29) is 0 Å². The summed E-state index contributed by atoms with van der Waals surface area (Å²) in [6.45, 7) is 0. The zero-order valence-electron chi connectivity index (χ0n) is 14.3. The molecule has 1 aromatic rings. The first-order valence-corrected chi connectivity index (χ1v) is 8.61. The number of anilines is 1. The third kappa shape index (κ3) is 3.70. The van der Waals surface area contributed by atoms with Crippen LogP contribution < -0.4 is 20.4 Å². The van der Waals surface area contributed by atoms with E-state index in [1.54, 1.807) is 13.3 Å². The van der Waals surface area contributed by atoms with Crippen molar-refractivity contribution in [2.75, 3.05) is 26.1 Å². The van der Waals surface area contributed by atoms with E-state index in [1.807, 2.05) is 37.2 Å².